The van der Waals surface area contributed by atoms with Crippen LogP contribution in [0, 0.1) is 0 Å². The predicted molar refractivity (Wildman–Crippen MR) is 117 cm³/mol. The molecule has 4 aromatic rings. The van der Waals surface area contributed by atoms with E-state index < -0.39 is 0 Å². The van der Waals surface area contributed by atoms with Crippen LogP contribution in [0.1, 0.15) is 16.8 Å². The molecule has 0 saturated heterocycles. The minimum Gasteiger partial charge on any atom is -0.383 e. The molecule has 29 heavy (non-hydrogen) atoms. The van der Waals surface area contributed by atoms with Crippen molar-refractivity contribution < 1.29 is 4.79 Å². The van der Waals surface area contributed by atoms with Crippen LogP contribution in [-0.2, 0) is 6.54 Å². The summed E-state index contributed by atoms with van der Waals surface area (Å²) in [6, 6.07) is 16.8. The first-order chi connectivity index (χ1) is 14.2. The van der Waals surface area contributed by atoms with E-state index in [9.17, 15) is 4.79 Å². The third-order valence-corrected chi connectivity index (χ3v) is 4.72. The second-order valence-corrected chi connectivity index (χ2v) is 6.67. The average Bonchev–Trinajstić information content (AvgIpc) is 3.13. The van der Waals surface area contributed by atoms with E-state index >= 15 is 0 Å². The summed E-state index contributed by atoms with van der Waals surface area (Å²) in [6.07, 6.45) is 6.19. The van der Waals surface area contributed by atoms with Crippen LogP contribution >= 0.6 is 0 Å². The molecule has 0 fully saturated rings. The number of nitrogen functional groups attached to an aromatic ring is 1. The second-order valence-electron chi connectivity index (χ2n) is 6.67. The van der Waals surface area contributed by atoms with Crippen LogP contribution in [0.2, 0.25) is 0 Å². The minimum atomic E-state index is -0.154. The van der Waals surface area contributed by atoms with Crippen molar-refractivity contribution in [2.45, 2.75) is 13.0 Å². The van der Waals surface area contributed by atoms with Gasteiger partial charge in [0.1, 0.15) is 17.8 Å². The SMILES string of the molecule is C=CCCn1cc(-c2cccc(NC(=O)c3ccccc3)c2)c2c(N)ncnc21. The molecular weight excluding hydrogens is 362 g/mol. The fourth-order valence-electron chi connectivity index (χ4n) is 3.32. The van der Waals surface area contributed by atoms with Gasteiger partial charge in [0.15, 0.2) is 0 Å². The van der Waals surface area contributed by atoms with Crippen molar-refractivity contribution in [1.82, 2.24) is 14.5 Å². The van der Waals surface area contributed by atoms with E-state index in [1.165, 1.54) is 6.33 Å². The van der Waals surface area contributed by atoms with Gasteiger partial charge in [0, 0.05) is 29.6 Å². The smallest absolute Gasteiger partial charge is 0.255 e. The number of hydrogen-bond donors (Lipinski definition) is 2. The molecule has 6 heteroatoms. The van der Waals surface area contributed by atoms with Crippen molar-refractivity contribution in [3.63, 3.8) is 0 Å². The van der Waals surface area contributed by atoms with Crippen LogP contribution in [0.15, 0.2) is 79.8 Å². The number of rotatable bonds is 6. The monoisotopic (exact) mass is 383 g/mol. The maximum Gasteiger partial charge on any atom is 0.255 e. The van der Waals surface area contributed by atoms with Gasteiger partial charge in [-0.15, -0.1) is 6.58 Å². The third kappa shape index (κ3) is 3.73. The Labute approximate surface area is 168 Å². The zero-order valence-corrected chi connectivity index (χ0v) is 15.9. The summed E-state index contributed by atoms with van der Waals surface area (Å²) in [5, 5.41) is 3.76. The molecule has 2 aromatic heterocycles. The van der Waals surface area contributed by atoms with Crippen LogP contribution in [-0.4, -0.2) is 20.4 Å². The standard InChI is InChI=1S/C23H21N5O/c1-2-3-12-28-14-19(20-21(24)25-15-26-22(20)28)17-10-7-11-18(13-17)27-23(29)16-8-5-4-6-9-16/h2,4-11,13-15H,1,3,12H2,(H,27,29)(H2,24,25,26). The van der Waals surface area contributed by atoms with E-state index in [-0.39, 0.29) is 5.91 Å². The highest BCUT2D eigenvalue weighted by molar-refractivity contribution is 6.05. The third-order valence-electron chi connectivity index (χ3n) is 4.72. The molecule has 2 heterocycles. The lowest BCUT2D eigenvalue weighted by Gasteiger charge is -2.08. The molecule has 144 valence electrons. The van der Waals surface area contributed by atoms with Gasteiger partial charge in [-0.2, -0.15) is 0 Å². The van der Waals surface area contributed by atoms with E-state index in [0.717, 1.165) is 35.1 Å². The number of aryl methyl sites for hydroxylation is 1. The molecular formula is C23H21N5O. The first-order valence-electron chi connectivity index (χ1n) is 9.34. The Kier molecular flexibility index (Phi) is 5.07. The number of allylic oxidation sites excluding steroid dienone is 1. The second kappa shape index (κ2) is 7.98. The maximum absolute atomic E-state index is 12.5. The Bertz CT molecular complexity index is 1180. The number of benzene rings is 2. The van der Waals surface area contributed by atoms with E-state index in [1.807, 2.05) is 54.7 Å². The largest absolute Gasteiger partial charge is 0.383 e. The highest BCUT2D eigenvalue weighted by Crippen LogP contribution is 2.33. The van der Waals surface area contributed by atoms with Gasteiger partial charge in [0.25, 0.3) is 5.91 Å². The summed E-state index contributed by atoms with van der Waals surface area (Å²) < 4.78 is 2.06. The van der Waals surface area contributed by atoms with Gasteiger partial charge in [-0.25, -0.2) is 9.97 Å². The normalized spacial score (nSPS) is 10.8. The molecule has 0 radical (unpaired) electrons. The predicted octanol–water partition coefficient (Wildman–Crippen LogP) is 4.51. The summed E-state index contributed by atoms with van der Waals surface area (Å²) in [7, 11) is 0. The lowest BCUT2D eigenvalue weighted by Crippen LogP contribution is -2.11. The van der Waals surface area contributed by atoms with Gasteiger partial charge in [0.2, 0.25) is 0 Å². The van der Waals surface area contributed by atoms with Crippen LogP contribution in [0.3, 0.4) is 0 Å². The molecule has 0 aliphatic carbocycles. The number of nitrogens with one attached hydrogen (secondary N) is 1. The van der Waals surface area contributed by atoms with Crippen LogP contribution < -0.4 is 11.1 Å². The molecule has 1 amide bonds. The van der Waals surface area contributed by atoms with Crippen LogP contribution in [0.25, 0.3) is 22.2 Å². The molecule has 6 nitrogen and oxygen atoms in total. The molecule has 0 atom stereocenters. The Balaban J connectivity index is 1.72. The first kappa shape index (κ1) is 18.4. The number of carbonyl (C=O) groups excluding carboxylic acids is 1. The van der Waals surface area contributed by atoms with Crippen molar-refractivity contribution in [3.05, 3.63) is 85.3 Å². The summed E-state index contributed by atoms with van der Waals surface area (Å²) in [4.78, 5) is 21.1. The Morgan fingerprint density at radius 1 is 1.14 bits per heavy atom. The van der Waals surface area contributed by atoms with Crippen LogP contribution in [0.4, 0.5) is 11.5 Å². The van der Waals surface area contributed by atoms with Crippen molar-refractivity contribution in [2.75, 3.05) is 11.1 Å². The van der Waals surface area contributed by atoms with Crippen molar-refractivity contribution in [2.24, 2.45) is 0 Å². The minimum absolute atomic E-state index is 0.154. The fraction of sp³-hybridized carbons (Fsp3) is 0.0870. The molecule has 0 saturated carbocycles. The lowest BCUT2D eigenvalue weighted by molar-refractivity contribution is 0.102. The Morgan fingerprint density at radius 3 is 2.76 bits per heavy atom. The molecule has 0 unspecified atom stereocenters. The Hall–Kier alpha value is -3.93. The zero-order valence-electron chi connectivity index (χ0n) is 15.9. The summed E-state index contributed by atoms with van der Waals surface area (Å²) in [6.45, 7) is 4.54. The average molecular weight is 383 g/mol. The van der Waals surface area contributed by atoms with E-state index in [0.29, 0.717) is 17.1 Å². The molecule has 0 aliphatic rings. The number of hydrogen-bond acceptors (Lipinski definition) is 4. The number of aromatic nitrogens is 3. The van der Waals surface area contributed by atoms with Crippen LogP contribution in [0.5, 0.6) is 0 Å². The van der Waals surface area contributed by atoms with Gasteiger partial charge < -0.3 is 15.6 Å². The molecule has 0 spiro atoms. The van der Waals surface area contributed by atoms with Crippen molar-refractivity contribution in [1.29, 1.82) is 0 Å². The molecule has 2 aromatic carbocycles. The number of amides is 1. The first-order valence-corrected chi connectivity index (χ1v) is 9.34. The topological polar surface area (TPSA) is 85.8 Å². The van der Waals surface area contributed by atoms with Gasteiger partial charge in [-0.05, 0) is 36.2 Å². The summed E-state index contributed by atoms with van der Waals surface area (Å²) in [5.74, 6) is 0.278. The number of nitrogens with two attached hydrogens (primary N) is 1. The molecule has 0 bridgehead atoms. The quantitative estimate of drug-likeness (QED) is 0.480. The highest BCUT2D eigenvalue weighted by atomic mass is 16.1. The zero-order chi connectivity index (χ0) is 20.2. The molecule has 3 N–H and O–H groups in total. The number of nitrogens with zero attached hydrogens (tertiary/aromatic N) is 3. The summed E-state index contributed by atoms with van der Waals surface area (Å²) >= 11 is 0. The van der Waals surface area contributed by atoms with Gasteiger partial charge in [-0.3, -0.25) is 4.79 Å². The van der Waals surface area contributed by atoms with Gasteiger partial charge >= 0.3 is 0 Å². The fourth-order valence-corrected chi connectivity index (χ4v) is 3.32. The van der Waals surface area contributed by atoms with E-state index in [2.05, 4.69) is 26.4 Å². The van der Waals surface area contributed by atoms with Gasteiger partial charge in [-0.1, -0.05) is 36.4 Å². The number of carbonyl (C=O) groups is 1. The van der Waals surface area contributed by atoms with Crippen molar-refractivity contribution in [3.8, 4) is 11.1 Å². The number of anilines is 2. The lowest BCUT2D eigenvalue weighted by atomic mass is 10.1. The van der Waals surface area contributed by atoms with Crippen molar-refractivity contribution >= 4 is 28.4 Å². The molecule has 4 rings (SSSR count). The van der Waals surface area contributed by atoms with E-state index in [1.54, 1.807) is 12.1 Å². The molecule has 0 aliphatic heterocycles. The number of fused-ring (bicyclic) bond motifs is 1. The summed E-state index contributed by atoms with van der Waals surface area (Å²) in [5.41, 5.74) is 10.1. The Morgan fingerprint density at radius 2 is 1.97 bits per heavy atom. The van der Waals surface area contributed by atoms with Gasteiger partial charge in [0.05, 0.1) is 5.39 Å². The van der Waals surface area contributed by atoms with E-state index in [4.69, 9.17) is 5.73 Å². The maximum atomic E-state index is 12.5. The highest BCUT2D eigenvalue weighted by Gasteiger charge is 2.15.